The van der Waals surface area contributed by atoms with Crippen LogP contribution >= 0.6 is 0 Å². The summed E-state index contributed by atoms with van der Waals surface area (Å²) in [4.78, 5) is 10.8. The number of aliphatic carboxylic acids is 1. The Morgan fingerprint density at radius 2 is 1.86 bits per heavy atom. The van der Waals surface area contributed by atoms with E-state index >= 15 is 0 Å². The predicted molar refractivity (Wildman–Crippen MR) is 58.3 cm³/mol. The van der Waals surface area contributed by atoms with E-state index in [0.29, 0.717) is 12.5 Å². The van der Waals surface area contributed by atoms with Crippen molar-refractivity contribution >= 4 is 5.97 Å². The van der Waals surface area contributed by atoms with Crippen LogP contribution < -0.4 is 5.32 Å². The Balaban J connectivity index is 3.67. The molecular formula is C11H23NO2. The largest absolute Gasteiger partial charge is 0.481 e. The average molecular weight is 201 g/mol. The fourth-order valence-corrected chi connectivity index (χ4v) is 1.26. The van der Waals surface area contributed by atoms with Crippen LogP contribution in [-0.4, -0.2) is 24.2 Å². The maximum atomic E-state index is 10.8. The van der Waals surface area contributed by atoms with Gasteiger partial charge in [-0.1, -0.05) is 27.7 Å². The number of rotatable bonds is 7. The molecule has 0 spiro atoms. The summed E-state index contributed by atoms with van der Waals surface area (Å²) in [6.07, 6.45) is 1.10. The molecule has 84 valence electrons. The Kier molecular flexibility index (Phi) is 6.54. The van der Waals surface area contributed by atoms with E-state index in [1.165, 1.54) is 0 Å². The van der Waals surface area contributed by atoms with Crippen molar-refractivity contribution < 1.29 is 9.90 Å². The normalized spacial score (nSPS) is 13.6. The molecule has 0 aromatic heterocycles. The summed E-state index contributed by atoms with van der Waals surface area (Å²) in [5.74, 6) is -0.0944. The molecule has 1 atom stereocenters. The van der Waals surface area contributed by atoms with Crippen LogP contribution in [0.5, 0.6) is 0 Å². The fraction of sp³-hybridized carbons (Fsp3) is 0.909. The van der Waals surface area contributed by atoms with Crippen molar-refractivity contribution in [2.24, 2.45) is 17.8 Å². The maximum Gasteiger partial charge on any atom is 0.308 e. The van der Waals surface area contributed by atoms with Crippen molar-refractivity contribution in [2.75, 3.05) is 13.1 Å². The van der Waals surface area contributed by atoms with Crippen molar-refractivity contribution in [3.8, 4) is 0 Å². The van der Waals surface area contributed by atoms with Crippen LogP contribution in [-0.2, 0) is 4.79 Å². The second-order valence-corrected chi connectivity index (χ2v) is 4.58. The Bertz CT molecular complexity index is 167. The first-order valence-corrected chi connectivity index (χ1v) is 5.38. The summed E-state index contributed by atoms with van der Waals surface area (Å²) in [6.45, 7) is 9.72. The average Bonchev–Trinajstić information content (AvgIpc) is 2.01. The lowest BCUT2D eigenvalue weighted by atomic mass is 9.96. The Hall–Kier alpha value is -0.570. The van der Waals surface area contributed by atoms with Crippen LogP contribution in [0.4, 0.5) is 0 Å². The molecule has 0 aromatic rings. The zero-order chi connectivity index (χ0) is 11.1. The molecule has 0 aliphatic carbocycles. The van der Waals surface area contributed by atoms with Crippen LogP contribution in [0.15, 0.2) is 0 Å². The third-order valence-corrected chi connectivity index (χ3v) is 2.38. The van der Waals surface area contributed by atoms with Crippen LogP contribution in [0, 0.1) is 17.8 Å². The minimum absolute atomic E-state index is 0.194. The monoisotopic (exact) mass is 201 g/mol. The standard InChI is InChI=1S/C11H23NO2/c1-8(2)5-6-12-7-10(9(3)4)11(13)14/h8-10,12H,5-7H2,1-4H3,(H,13,14). The van der Waals surface area contributed by atoms with Crippen molar-refractivity contribution in [3.05, 3.63) is 0 Å². The van der Waals surface area contributed by atoms with Crippen molar-refractivity contribution in [3.63, 3.8) is 0 Å². The smallest absolute Gasteiger partial charge is 0.308 e. The highest BCUT2D eigenvalue weighted by Gasteiger charge is 2.20. The molecule has 0 heterocycles. The second-order valence-electron chi connectivity index (χ2n) is 4.58. The van der Waals surface area contributed by atoms with Crippen molar-refractivity contribution in [1.82, 2.24) is 5.32 Å². The highest BCUT2D eigenvalue weighted by molar-refractivity contribution is 5.70. The third kappa shape index (κ3) is 5.97. The van der Waals surface area contributed by atoms with Gasteiger partial charge in [-0.3, -0.25) is 4.79 Å². The van der Waals surface area contributed by atoms with E-state index in [1.807, 2.05) is 13.8 Å². The molecule has 0 fully saturated rings. The molecule has 2 N–H and O–H groups in total. The Labute approximate surface area is 86.9 Å². The van der Waals surface area contributed by atoms with E-state index in [1.54, 1.807) is 0 Å². The maximum absolute atomic E-state index is 10.8. The van der Waals surface area contributed by atoms with Gasteiger partial charge in [0.2, 0.25) is 0 Å². The number of carbonyl (C=O) groups is 1. The summed E-state index contributed by atoms with van der Waals surface area (Å²) >= 11 is 0. The Morgan fingerprint density at radius 1 is 1.29 bits per heavy atom. The van der Waals surface area contributed by atoms with Gasteiger partial charge in [-0.25, -0.2) is 0 Å². The molecule has 0 aromatic carbocycles. The molecule has 3 nitrogen and oxygen atoms in total. The first kappa shape index (κ1) is 13.4. The first-order valence-electron chi connectivity index (χ1n) is 5.38. The predicted octanol–water partition coefficient (Wildman–Crippen LogP) is 1.98. The number of carboxylic acids is 1. The molecule has 0 radical (unpaired) electrons. The van der Waals surface area contributed by atoms with Gasteiger partial charge in [0, 0.05) is 6.54 Å². The van der Waals surface area contributed by atoms with Gasteiger partial charge in [0.15, 0.2) is 0 Å². The fourth-order valence-electron chi connectivity index (χ4n) is 1.26. The molecule has 0 aliphatic heterocycles. The number of carboxylic acid groups (broad SMARTS) is 1. The molecular weight excluding hydrogens is 178 g/mol. The molecule has 0 bridgehead atoms. The lowest BCUT2D eigenvalue weighted by Crippen LogP contribution is -2.32. The van der Waals surface area contributed by atoms with Gasteiger partial charge in [0.05, 0.1) is 5.92 Å². The van der Waals surface area contributed by atoms with Crippen molar-refractivity contribution in [2.45, 2.75) is 34.1 Å². The highest BCUT2D eigenvalue weighted by Crippen LogP contribution is 2.09. The Morgan fingerprint density at radius 3 is 2.21 bits per heavy atom. The first-order chi connectivity index (χ1) is 6.45. The van der Waals surface area contributed by atoms with Crippen LogP contribution in [0.25, 0.3) is 0 Å². The zero-order valence-electron chi connectivity index (χ0n) is 9.71. The molecule has 1 unspecified atom stereocenters. The van der Waals surface area contributed by atoms with E-state index in [4.69, 9.17) is 5.11 Å². The molecule has 0 saturated carbocycles. The van der Waals surface area contributed by atoms with Crippen molar-refractivity contribution in [1.29, 1.82) is 0 Å². The molecule has 14 heavy (non-hydrogen) atoms. The van der Waals surface area contributed by atoms with E-state index in [9.17, 15) is 4.79 Å². The van der Waals surface area contributed by atoms with Gasteiger partial charge in [-0.2, -0.15) is 0 Å². The molecule has 0 amide bonds. The summed E-state index contributed by atoms with van der Waals surface area (Å²) in [5, 5.41) is 12.1. The second kappa shape index (κ2) is 6.82. The number of nitrogens with one attached hydrogen (secondary N) is 1. The van der Waals surface area contributed by atoms with E-state index in [2.05, 4.69) is 19.2 Å². The summed E-state index contributed by atoms with van der Waals surface area (Å²) in [6, 6.07) is 0. The summed E-state index contributed by atoms with van der Waals surface area (Å²) in [5.41, 5.74) is 0. The minimum atomic E-state index is -0.697. The quantitative estimate of drug-likeness (QED) is 0.619. The lowest BCUT2D eigenvalue weighted by Gasteiger charge is -2.17. The third-order valence-electron chi connectivity index (χ3n) is 2.38. The SMILES string of the molecule is CC(C)CCNCC(C(=O)O)C(C)C. The van der Waals surface area contributed by atoms with Gasteiger partial charge in [0.25, 0.3) is 0 Å². The minimum Gasteiger partial charge on any atom is -0.481 e. The van der Waals surface area contributed by atoms with Gasteiger partial charge in [-0.05, 0) is 24.8 Å². The summed E-state index contributed by atoms with van der Waals surface area (Å²) < 4.78 is 0. The van der Waals surface area contributed by atoms with Crippen LogP contribution in [0.2, 0.25) is 0 Å². The van der Waals surface area contributed by atoms with Gasteiger partial charge < -0.3 is 10.4 Å². The molecule has 0 saturated heterocycles. The highest BCUT2D eigenvalue weighted by atomic mass is 16.4. The molecule has 0 rings (SSSR count). The van der Waals surface area contributed by atoms with Gasteiger partial charge in [0.1, 0.15) is 0 Å². The van der Waals surface area contributed by atoms with Crippen LogP contribution in [0.3, 0.4) is 0 Å². The zero-order valence-corrected chi connectivity index (χ0v) is 9.71. The summed E-state index contributed by atoms with van der Waals surface area (Å²) in [7, 11) is 0. The lowest BCUT2D eigenvalue weighted by molar-refractivity contribution is -0.143. The van der Waals surface area contributed by atoms with Gasteiger partial charge >= 0.3 is 5.97 Å². The number of hydrogen-bond donors (Lipinski definition) is 2. The van der Waals surface area contributed by atoms with E-state index < -0.39 is 5.97 Å². The molecule has 3 heteroatoms. The topological polar surface area (TPSA) is 49.3 Å². The van der Waals surface area contributed by atoms with Crippen LogP contribution in [0.1, 0.15) is 34.1 Å². The van der Waals surface area contributed by atoms with E-state index in [-0.39, 0.29) is 11.8 Å². The van der Waals surface area contributed by atoms with E-state index in [0.717, 1.165) is 13.0 Å². The molecule has 0 aliphatic rings. The van der Waals surface area contributed by atoms with Gasteiger partial charge in [-0.15, -0.1) is 0 Å². The number of hydrogen-bond acceptors (Lipinski definition) is 2.